The molecule has 0 N–H and O–H groups in total. The molecule has 0 atom stereocenters. The maximum absolute atomic E-state index is 6.58. The average Bonchev–Trinajstić information content (AvgIpc) is 4.06. The summed E-state index contributed by atoms with van der Waals surface area (Å²) in [5, 5.41) is 6.70. The molecule has 13 aromatic rings. The molecule has 6 heteroatoms. The predicted octanol–water partition coefficient (Wildman–Crippen LogP) is 16.0. The summed E-state index contributed by atoms with van der Waals surface area (Å²) in [5.74, 6) is 1.76. The number of hydrogen-bond donors (Lipinski definition) is 0. The molecule has 4 heterocycles. The van der Waals surface area contributed by atoms with Crippen LogP contribution in [0.15, 0.2) is 209 Å². The molecule has 0 fully saturated rings. The van der Waals surface area contributed by atoms with E-state index < -0.39 is 0 Å². The third kappa shape index (κ3) is 5.80. The Morgan fingerprint density at radius 1 is 0.317 bits per heavy atom. The van der Waals surface area contributed by atoms with Gasteiger partial charge in [-0.2, -0.15) is 0 Å². The number of fused-ring (bicyclic) bond motifs is 9. The molecule has 0 spiro atoms. The van der Waals surface area contributed by atoms with Crippen LogP contribution in [0.25, 0.3) is 132 Å². The summed E-state index contributed by atoms with van der Waals surface area (Å²) in [7, 11) is 0. The number of hydrogen-bond acceptors (Lipinski definition) is 6. The fourth-order valence-corrected chi connectivity index (χ4v) is 10.5. The van der Waals surface area contributed by atoms with Crippen molar-refractivity contribution in [2.45, 2.75) is 0 Å². The molecule has 0 bridgehead atoms. The molecule has 0 aliphatic carbocycles. The van der Waals surface area contributed by atoms with Crippen molar-refractivity contribution in [3.05, 3.63) is 200 Å². The summed E-state index contributed by atoms with van der Waals surface area (Å²) < 4.78 is 15.5. The lowest BCUT2D eigenvalue weighted by molar-refractivity contribution is 0.669. The first-order valence-corrected chi connectivity index (χ1v) is 21.8. The second-order valence-corrected chi connectivity index (χ2v) is 16.9. The van der Waals surface area contributed by atoms with Crippen LogP contribution in [0.2, 0.25) is 0 Å². The van der Waals surface area contributed by atoms with Crippen LogP contribution in [-0.4, -0.2) is 15.0 Å². The predicted molar refractivity (Wildman–Crippen MR) is 260 cm³/mol. The van der Waals surface area contributed by atoms with Crippen LogP contribution in [0.3, 0.4) is 0 Å². The number of benzene rings is 9. The monoisotopic (exact) mass is 823 g/mol. The van der Waals surface area contributed by atoms with Crippen molar-refractivity contribution < 1.29 is 8.83 Å². The number of rotatable bonds is 6. The number of thiophene rings is 1. The van der Waals surface area contributed by atoms with Gasteiger partial charge in [0.2, 0.25) is 0 Å². The van der Waals surface area contributed by atoms with Gasteiger partial charge in [-0.1, -0.05) is 170 Å². The number of furan rings is 2. The van der Waals surface area contributed by atoms with E-state index in [1.165, 1.54) is 36.9 Å². The van der Waals surface area contributed by atoms with Crippen LogP contribution in [0.1, 0.15) is 0 Å². The van der Waals surface area contributed by atoms with E-state index in [9.17, 15) is 0 Å². The van der Waals surface area contributed by atoms with E-state index in [0.29, 0.717) is 17.5 Å². The Hall–Kier alpha value is -8.19. The van der Waals surface area contributed by atoms with Crippen LogP contribution < -0.4 is 0 Å². The van der Waals surface area contributed by atoms with E-state index >= 15 is 0 Å². The van der Waals surface area contributed by atoms with Gasteiger partial charge in [-0.15, -0.1) is 11.3 Å². The van der Waals surface area contributed by atoms with E-state index in [-0.39, 0.29) is 0 Å². The zero-order chi connectivity index (χ0) is 41.4. The zero-order valence-corrected chi connectivity index (χ0v) is 34.4. The minimum absolute atomic E-state index is 0.576. The quantitative estimate of drug-likeness (QED) is 0.167. The van der Waals surface area contributed by atoms with Crippen LogP contribution in [0.5, 0.6) is 0 Å². The molecule has 0 amide bonds. The molecule has 13 rings (SSSR count). The van der Waals surface area contributed by atoms with E-state index in [4.69, 9.17) is 23.8 Å². The second kappa shape index (κ2) is 14.2. The van der Waals surface area contributed by atoms with Crippen molar-refractivity contribution >= 4 is 75.4 Å². The van der Waals surface area contributed by atoms with Gasteiger partial charge in [0.15, 0.2) is 17.5 Å². The van der Waals surface area contributed by atoms with Crippen molar-refractivity contribution in [2.75, 3.05) is 0 Å². The van der Waals surface area contributed by atoms with Crippen molar-refractivity contribution in [1.82, 2.24) is 15.0 Å². The molecule has 4 aromatic heterocycles. The molecule has 294 valence electrons. The van der Waals surface area contributed by atoms with Gasteiger partial charge in [-0.3, -0.25) is 0 Å². The lowest BCUT2D eigenvalue weighted by Gasteiger charge is -2.11. The summed E-state index contributed by atoms with van der Waals surface area (Å²) in [5.41, 5.74) is 12.9. The van der Waals surface area contributed by atoms with Gasteiger partial charge >= 0.3 is 0 Å². The number of nitrogens with zero attached hydrogens (tertiary/aromatic N) is 3. The Labute approximate surface area is 365 Å². The van der Waals surface area contributed by atoms with Gasteiger partial charge < -0.3 is 8.83 Å². The Bertz CT molecular complexity index is 3900. The highest BCUT2D eigenvalue weighted by atomic mass is 32.1. The molecule has 0 aliphatic rings. The third-order valence-corrected chi connectivity index (χ3v) is 13.4. The van der Waals surface area contributed by atoms with Gasteiger partial charge in [-0.05, 0) is 58.1 Å². The van der Waals surface area contributed by atoms with Crippen molar-refractivity contribution in [2.24, 2.45) is 0 Å². The first-order chi connectivity index (χ1) is 31.2. The van der Waals surface area contributed by atoms with Gasteiger partial charge in [0.25, 0.3) is 0 Å². The number of para-hydroxylation sites is 2. The molecule has 5 nitrogen and oxygen atoms in total. The first kappa shape index (κ1) is 35.6. The molecular weight excluding hydrogens is 791 g/mol. The van der Waals surface area contributed by atoms with E-state index in [0.717, 1.165) is 77.3 Å². The van der Waals surface area contributed by atoms with Crippen LogP contribution in [0, 0.1) is 0 Å². The minimum atomic E-state index is 0.576. The first-order valence-electron chi connectivity index (χ1n) is 21.0. The second-order valence-electron chi connectivity index (χ2n) is 15.9. The van der Waals surface area contributed by atoms with Gasteiger partial charge in [-0.25, -0.2) is 15.0 Å². The zero-order valence-electron chi connectivity index (χ0n) is 33.6. The van der Waals surface area contributed by atoms with Crippen molar-refractivity contribution in [3.63, 3.8) is 0 Å². The van der Waals surface area contributed by atoms with Crippen LogP contribution in [0.4, 0.5) is 0 Å². The standard InChI is InChI=1S/C57H33N3O2S/c1-3-13-34(14-4-1)41-31-30-39(52-44-18-8-10-24-50(44)63-54(41)52)38-29-32-48-46(33-38)51-45(21-12-23-49(51)61-48)57-59-55(36-15-5-2-6-16-36)58-56(60-57)37-27-25-35(26-28-37)40-19-11-20-43-42-17-7-9-22-47(42)62-53(40)43/h1-33H. The smallest absolute Gasteiger partial charge is 0.164 e. The van der Waals surface area contributed by atoms with Crippen LogP contribution in [-0.2, 0) is 0 Å². The average molecular weight is 824 g/mol. The third-order valence-electron chi connectivity index (χ3n) is 12.2. The minimum Gasteiger partial charge on any atom is -0.456 e. The molecule has 0 radical (unpaired) electrons. The topological polar surface area (TPSA) is 65.0 Å². The van der Waals surface area contributed by atoms with Gasteiger partial charge in [0.1, 0.15) is 22.3 Å². The Kier molecular flexibility index (Phi) is 8.01. The highest BCUT2D eigenvalue weighted by molar-refractivity contribution is 7.26. The van der Waals surface area contributed by atoms with E-state index in [1.54, 1.807) is 0 Å². The van der Waals surface area contributed by atoms with Crippen molar-refractivity contribution in [3.8, 4) is 67.5 Å². The Morgan fingerprint density at radius 3 is 1.71 bits per heavy atom. The normalized spacial score (nSPS) is 11.8. The van der Waals surface area contributed by atoms with Crippen LogP contribution >= 0.6 is 11.3 Å². The maximum Gasteiger partial charge on any atom is 0.164 e. The highest BCUT2D eigenvalue weighted by Crippen LogP contribution is 2.46. The van der Waals surface area contributed by atoms with E-state index in [2.05, 4.69) is 140 Å². The Balaban J connectivity index is 0.966. The Morgan fingerprint density at radius 2 is 0.889 bits per heavy atom. The summed E-state index contributed by atoms with van der Waals surface area (Å²) in [6, 6.07) is 69.7. The molecule has 63 heavy (non-hydrogen) atoms. The summed E-state index contributed by atoms with van der Waals surface area (Å²) in [4.78, 5) is 15.5. The molecule has 0 unspecified atom stereocenters. The van der Waals surface area contributed by atoms with E-state index in [1.807, 2.05) is 72.0 Å². The van der Waals surface area contributed by atoms with Gasteiger partial charge in [0.05, 0.1) is 0 Å². The molecule has 0 saturated heterocycles. The molecular formula is C57H33N3O2S. The summed E-state index contributed by atoms with van der Waals surface area (Å²) in [6.07, 6.45) is 0. The van der Waals surface area contributed by atoms with Crippen molar-refractivity contribution in [1.29, 1.82) is 0 Å². The SMILES string of the molecule is c1ccc(-c2nc(-c3ccc(-c4cccc5c4oc4ccccc45)cc3)nc(-c3cccc4oc5ccc(-c6ccc(-c7ccccc7)c7sc8ccccc8c67)cc5c34)n2)cc1. The lowest BCUT2D eigenvalue weighted by atomic mass is 9.94. The summed E-state index contributed by atoms with van der Waals surface area (Å²) in [6.45, 7) is 0. The van der Waals surface area contributed by atoms with Gasteiger partial charge in [0, 0.05) is 64.0 Å². The highest BCUT2D eigenvalue weighted by Gasteiger charge is 2.21. The summed E-state index contributed by atoms with van der Waals surface area (Å²) >= 11 is 1.85. The lowest BCUT2D eigenvalue weighted by Crippen LogP contribution is -2.00. The fraction of sp³-hybridized carbons (Fsp3) is 0. The maximum atomic E-state index is 6.58. The largest absolute Gasteiger partial charge is 0.456 e. The fourth-order valence-electron chi connectivity index (χ4n) is 9.21. The molecule has 0 saturated carbocycles. The molecule has 0 aliphatic heterocycles. The number of aromatic nitrogens is 3. The molecule has 9 aromatic carbocycles.